The summed E-state index contributed by atoms with van der Waals surface area (Å²) in [5.74, 6) is 0. The van der Waals surface area contributed by atoms with Gasteiger partial charge in [0.05, 0.1) is 16.0 Å². The summed E-state index contributed by atoms with van der Waals surface area (Å²) in [6, 6.07) is 16.7. The van der Waals surface area contributed by atoms with Gasteiger partial charge in [-0.15, -0.1) is 0 Å². The van der Waals surface area contributed by atoms with E-state index in [4.69, 9.17) is 0 Å². The van der Waals surface area contributed by atoms with Gasteiger partial charge in [-0.2, -0.15) is 0 Å². The molecule has 2 aromatic carbocycles. The molecule has 1 aliphatic rings. The van der Waals surface area contributed by atoms with Crippen molar-refractivity contribution in [3.8, 4) is 0 Å². The second-order valence-corrected chi connectivity index (χ2v) is 10.9. The van der Waals surface area contributed by atoms with Crippen LogP contribution in [0.3, 0.4) is 0 Å². The Labute approximate surface area is 166 Å². The molecule has 0 radical (unpaired) electrons. The molecule has 2 heteroatoms. The molecule has 1 nitrogen and oxygen atoms in total. The molecular weight excluding hydrogens is 348 g/mol. The molecular formula is C25H30OS. The van der Waals surface area contributed by atoms with Crippen molar-refractivity contribution < 1.29 is 4.21 Å². The van der Waals surface area contributed by atoms with E-state index in [-0.39, 0.29) is 16.1 Å². The Morgan fingerprint density at radius 1 is 0.815 bits per heavy atom. The molecule has 0 fully saturated rings. The lowest BCUT2D eigenvalue weighted by Gasteiger charge is -2.27. The predicted molar refractivity (Wildman–Crippen MR) is 118 cm³/mol. The predicted octanol–water partition coefficient (Wildman–Crippen LogP) is 6.41. The van der Waals surface area contributed by atoms with Gasteiger partial charge in [0, 0.05) is 4.90 Å². The van der Waals surface area contributed by atoms with Crippen molar-refractivity contribution in [2.75, 3.05) is 0 Å². The van der Waals surface area contributed by atoms with Crippen molar-refractivity contribution in [2.24, 2.45) is 0 Å². The lowest BCUT2D eigenvalue weighted by atomic mass is 9.79. The van der Waals surface area contributed by atoms with Crippen molar-refractivity contribution in [3.05, 3.63) is 83.4 Å². The smallest absolute Gasteiger partial charge is 0.0833 e. The summed E-state index contributed by atoms with van der Waals surface area (Å²) in [7, 11) is -1.10. The van der Waals surface area contributed by atoms with Crippen LogP contribution in [0.4, 0.5) is 0 Å². The van der Waals surface area contributed by atoms with Gasteiger partial charge in [-0.3, -0.25) is 4.21 Å². The van der Waals surface area contributed by atoms with Gasteiger partial charge >= 0.3 is 0 Å². The van der Waals surface area contributed by atoms with Gasteiger partial charge in [0.25, 0.3) is 0 Å². The van der Waals surface area contributed by atoms with Gasteiger partial charge in [-0.25, -0.2) is 0 Å². The highest BCUT2D eigenvalue weighted by Gasteiger charge is 2.27. The van der Waals surface area contributed by atoms with E-state index in [2.05, 4.69) is 71.9 Å². The molecule has 0 amide bonds. The number of allylic oxidation sites excluding steroid dienone is 2. The summed E-state index contributed by atoms with van der Waals surface area (Å²) in [5, 5.41) is -0.101. The zero-order valence-electron chi connectivity index (χ0n) is 17.2. The third-order valence-corrected chi connectivity index (χ3v) is 6.68. The Morgan fingerprint density at radius 2 is 1.37 bits per heavy atom. The summed E-state index contributed by atoms with van der Waals surface area (Å²) in [6.45, 7) is 13.5. The number of benzene rings is 2. The summed E-state index contributed by atoms with van der Waals surface area (Å²) in [5.41, 5.74) is 5.11. The molecule has 0 saturated heterocycles. The van der Waals surface area contributed by atoms with Crippen molar-refractivity contribution in [3.63, 3.8) is 0 Å². The third-order valence-electron chi connectivity index (χ3n) is 5.07. The van der Waals surface area contributed by atoms with E-state index >= 15 is 0 Å². The van der Waals surface area contributed by atoms with Gasteiger partial charge in [-0.1, -0.05) is 96.2 Å². The average Bonchev–Trinajstić information content (AvgIpc) is 3.09. The van der Waals surface area contributed by atoms with Crippen LogP contribution in [-0.2, 0) is 21.6 Å². The topological polar surface area (TPSA) is 17.1 Å². The van der Waals surface area contributed by atoms with Crippen LogP contribution in [0.1, 0.15) is 58.2 Å². The molecule has 0 saturated carbocycles. The third kappa shape index (κ3) is 4.32. The van der Waals surface area contributed by atoms with Crippen LogP contribution in [0.5, 0.6) is 0 Å². The number of rotatable bonds is 3. The molecule has 1 unspecified atom stereocenters. The molecule has 2 atom stereocenters. The van der Waals surface area contributed by atoms with Crippen LogP contribution in [0.2, 0.25) is 0 Å². The minimum Gasteiger partial charge on any atom is -0.253 e. The highest BCUT2D eigenvalue weighted by atomic mass is 32.2. The molecule has 0 heterocycles. The molecule has 27 heavy (non-hydrogen) atoms. The second kappa shape index (κ2) is 7.24. The van der Waals surface area contributed by atoms with Gasteiger partial charge in [0.2, 0.25) is 0 Å². The molecule has 3 rings (SSSR count). The SMILES string of the molecule is CC(C)(C)c1cc(C2=CC=CC2[S@](=O)c2ccccc2)cc(C(C)(C)C)c1. The van der Waals surface area contributed by atoms with Crippen molar-refractivity contribution in [1.82, 2.24) is 0 Å². The molecule has 2 aromatic rings. The van der Waals surface area contributed by atoms with Crippen LogP contribution in [-0.4, -0.2) is 9.46 Å². The Kier molecular flexibility index (Phi) is 5.31. The van der Waals surface area contributed by atoms with E-state index in [1.54, 1.807) is 0 Å². The van der Waals surface area contributed by atoms with Crippen LogP contribution in [0.15, 0.2) is 71.7 Å². The van der Waals surface area contributed by atoms with Crippen LogP contribution < -0.4 is 0 Å². The van der Waals surface area contributed by atoms with Crippen molar-refractivity contribution in [1.29, 1.82) is 0 Å². The highest BCUT2D eigenvalue weighted by molar-refractivity contribution is 7.86. The minimum absolute atomic E-state index is 0.0662. The fraction of sp³-hybridized carbons (Fsp3) is 0.360. The van der Waals surface area contributed by atoms with E-state index in [0.717, 1.165) is 10.5 Å². The summed E-state index contributed by atoms with van der Waals surface area (Å²) in [6.07, 6.45) is 6.24. The molecule has 1 aliphatic carbocycles. The fourth-order valence-corrected chi connectivity index (χ4v) is 4.66. The molecule has 0 N–H and O–H groups in total. The Balaban J connectivity index is 2.06. The maximum Gasteiger partial charge on any atom is 0.0833 e. The minimum atomic E-state index is -1.10. The highest BCUT2D eigenvalue weighted by Crippen LogP contribution is 2.36. The Hall–Kier alpha value is -1.93. The Bertz CT molecular complexity index is 873. The van der Waals surface area contributed by atoms with E-state index in [1.807, 2.05) is 36.4 Å². The quantitative estimate of drug-likeness (QED) is 0.603. The maximum atomic E-state index is 13.2. The average molecular weight is 379 g/mol. The largest absolute Gasteiger partial charge is 0.253 e. The molecule has 0 spiro atoms. The van der Waals surface area contributed by atoms with Crippen LogP contribution in [0.25, 0.3) is 5.57 Å². The number of hydrogen-bond donors (Lipinski definition) is 0. The van der Waals surface area contributed by atoms with E-state index < -0.39 is 10.8 Å². The maximum absolute atomic E-state index is 13.2. The molecule has 0 aliphatic heterocycles. The van der Waals surface area contributed by atoms with Gasteiger partial charge in [0.15, 0.2) is 0 Å². The first kappa shape index (κ1) is 19.8. The van der Waals surface area contributed by atoms with Gasteiger partial charge < -0.3 is 0 Å². The number of hydrogen-bond acceptors (Lipinski definition) is 1. The van der Waals surface area contributed by atoms with E-state index in [0.29, 0.717) is 0 Å². The fourth-order valence-electron chi connectivity index (χ4n) is 3.27. The summed E-state index contributed by atoms with van der Waals surface area (Å²) >= 11 is 0. The molecule has 142 valence electrons. The standard InChI is InChI=1S/C25H30OS/c1-24(2,3)19-15-18(16-20(17-19)25(4,5)6)22-13-10-14-23(22)27(26)21-11-8-7-9-12-21/h7-17,23H,1-6H3/t23?,27-/m1/s1. The lowest BCUT2D eigenvalue weighted by molar-refractivity contribution is 0.568. The first-order valence-corrected chi connectivity index (χ1v) is 10.8. The lowest BCUT2D eigenvalue weighted by Crippen LogP contribution is -2.18. The van der Waals surface area contributed by atoms with E-state index in [1.165, 1.54) is 16.7 Å². The molecule has 0 bridgehead atoms. The monoisotopic (exact) mass is 378 g/mol. The normalized spacial score (nSPS) is 18.4. The summed E-state index contributed by atoms with van der Waals surface area (Å²) < 4.78 is 13.2. The zero-order valence-corrected chi connectivity index (χ0v) is 18.1. The van der Waals surface area contributed by atoms with Crippen LogP contribution in [0, 0.1) is 0 Å². The van der Waals surface area contributed by atoms with Gasteiger partial charge in [-0.05, 0) is 45.2 Å². The second-order valence-electron chi connectivity index (χ2n) is 9.34. The van der Waals surface area contributed by atoms with Crippen LogP contribution >= 0.6 is 0 Å². The van der Waals surface area contributed by atoms with Crippen molar-refractivity contribution in [2.45, 2.75) is 62.5 Å². The first-order valence-electron chi connectivity index (χ1n) is 9.58. The Morgan fingerprint density at radius 3 is 1.89 bits per heavy atom. The summed E-state index contributed by atoms with van der Waals surface area (Å²) in [4.78, 5) is 0.878. The zero-order chi connectivity index (χ0) is 19.8. The van der Waals surface area contributed by atoms with E-state index in [9.17, 15) is 4.21 Å². The van der Waals surface area contributed by atoms with Gasteiger partial charge in [0.1, 0.15) is 0 Å². The first-order chi connectivity index (χ1) is 12.6. The molecule has 0 aromatic heterocycles. The van der Waals surface area contributed by atoms with Crippen molar-refractivity contribution >= 4 is 16.4 Å².